The smallest absolute Gasteiger partial charge is 0.407 e. The SMILES string of the molecule is CC(C)(C)C12CCN(c3cnc4cc(F)c(F)cc4n3)C[C@H]1N(C(=O)O)C2. The van der Waals surface area contributed by atoms with Gasteiger partial charge in [-0.05, 0) is 11.8 Å². The second-order valence-corrected chi connectivity index (χ2v) is 8.51. The number of benzene rings is 1. The van der Waals surface area contributed by atoms with Crippen molar-refractivity contribution in [1.29, 1.82) is 0 Å². The Morgan fingerprint density at radius 3 is 2.56 bits per heavy atom. The molecule has 0 radical (unpaired) electrons. The molecule has 6 nitrogen and oxygen atoms in total. The molecule has 4 rings (SSSR count). The number of anilines is 1. The number of nitrogens with zero attached hydrogens (tertiary/aromatic N) is 4. The van der Waals surface area contributed by atoms with Crippen molar-refractivity contribution in [2.75, 3.05) is 24.5 Å². The van der Waals surface area contributed by atoms with E-state index in [-0.39, 0.29) is 27.9 Å². The Morgan fingerprint density at radius 2 is 1.93 bits per heavy atom. The maximum absolute atomic E-state index is 13.5. The normalized spacial score (nSPS) is 25.3. The van der Waals surface area contributed by atoms with Crippen LogP contribution in [0.15, 0.2) is 18.3 Å². The van der Waals surface area contributed by atoms with Crippen LogP contribution in [0.1, 0.15) is 27.2 Å². The number of carboxylic acid groups (broad SMARTS) is 1. The van der Waals surface area contributed by atoms with Gasteiger partial charge in [0.05, 0.1) is 23.3 Å². The highest BCUT2D eigenvalue weighted by molar-refractivity contribution is 5.76. The average molecular weight is 376 g/mol. The molecule has 1 aromatic heterocycles. The Kier molecular flexibility index (Phi) is 3.80. The lowest BCUT2D eigenvalue weighted by atomic mass is 9.54. The molecule has 1 amide bonds. The number of piperidine rings is 1. The van der Waals surface area contributed by atoms with Gasteiger partial charge in [0, 0.05) is 37.2 Å². The largest absolute Gasteiger partial charge is 0.465 e. The van der Waals surface area contributed by atoms with Crippen LogP contribution in [0, 0.1) is 22.5 Å². The highest BCUT2D eigenvalue weighted by Gasteiger charge is 2.62. The molecule has 2 aromatic rings. The molecule has 2 aliphatic heterocycles. The fraction of sp³-hybridized carbons (Fsp3) is 0.526. The number of likely N-dealkylation sites (tertiary alicyclic amines) is 1. The van der Waals surface area contributed by atoms with Gasteiger partial charge in [-0.3, -0.25) is 4.98 Å². The molecule has 2 saturated heterocycles. The number of halogens is 2. The van der Waals surface area contributed by atoms with Crippen molar-refractivity contribution in [3.8, 4) is 0 Å². The number of amides is 1. The van der Waals surface area contributed by atoms with Crippen LogP contribution in [0.25, 0.3) is 11.0 Å². The van der Waals surface area contributed by atoms with Crippen LogP contribution in [0.4, 0.5) is 19.4 Å². The quantitative estimate of drug-likeness (QED) is 0.825. The summed E-state index contributed by atoms with van der Waals surface area (Å²) in [5, 5.41) is 9.51. The van der Waals surface area contributed by atoms with E-state index in [0.717, 1.165) is 18.6 Å². The van der Waals surface area contributed by atoms with Crippen LogP contribution in [-0.2, 0) is 0 Å². The van der Waals surface area contributed by atoms with Gasteiger partial charge >= 0.3 is 6.09 Å². The summed E-state index contributed by atoms with van der Waals surface area (Å²) in [6.45, 7) is 8.22. The molecule has 0 spiro atoms. The van der Waals surface area contributed by atoms with E-state index in [2.05, 4.69) is 30.7 Å². The minimum atomic E-state index is -0.963. The fourth-order valence-electron chi connectivity index (χ4n) is 4.53. The van der Waals surface area contributed by atoms with Crippen LogP contribution in [0.3, 0.4) is 0 Å². The first-order chi connectivity index (χ1) is 12.6. The predicted molar refractivity (Wildman–Crippen MR) is 96.7 cm³/mol. The van der Waals surface area contributed by atoms with Gasteiger partial charge in [0.1, 0.15) is 5.82 Å². The number of aromatic nitrogens is 2. The van der Waals surface area contributed by atoms with Gasteiger partial charge in [-0.15, -0.1) is 0 Å². The van der Waals surface area contributed by atoms with Gasteiger partial charge in [-0.1, -0.05) is 20.8 Å². The number of carbonyl (C=O) groups is 1. The summed E-state index contributed by atoms with van der Waals surface area (Å²) in [7, 11) is 0. The first-order valence-corrected chi connectivity index (χ1v) is 8.99. The molecule has 0 bridgehead atoms. The highest BCUT2D eigenvalue weighted by Crippen LogP contribution is 2.55. The second-order valence-electron chi connectivity index (χ2n) is 8.51. The molecule has 2 fully saturated rings. The fourth-order valence-corrected chi connectivity index (χ4v) is 4.53. The average Bonchev–Trinajstić information content (AvgIpc) is 2.55. The maximum Gasteiger partial charge on any atom is 0.407 e. The van der Waals surface area contributed by atoms with E-state index in [0.29, 0.717) is 25.5 Å². The van der Waals surface area contributed by atoms with Crippen LogP contribution in [0.5, 0.6) is 0 Å². The number of fused-ring (bicyclic) bond motifs is 2. The van der Waals surface area contributed by atoms with Crippen LogP contribution in [-0.4, -0.2) is 51.7 Å². The number of hydrogen-bond acceptors (Lipinski definition) is 4. The summed E-state index contributed by atoms with van der Waals surface area (Å²) in [5.41, 5.74) is 0.476. The van der Waals surface area contributed by atoms with Crippen LogP contribution >= 0.6 is 0 Å². The number of rotatable bonds is 1. The summed E-state index contributed by atoms with van der Waals surface area (Å²) in [6.07, 6.45) is 1.46. The molecule has 2 atom stereocenters. The zero-order chi connectivity index (χ0) is 19.6. The van der Waals surface area contributed by atoms with Crippen molar-refractivity contribution >= 4 is 22.9 Å². The van der Waals surface area contributed by atoms with Crippen LogP contribution in [0.2, 0.25) is 0 Å². The van der Waals surface area contributed by atoms with Crippen molar-refractivity contribution in [3.05, 3.63) is 30.0 Å². The monoisotopic (exact) mass is 376 g/mol. The minimum Gasteiger partial charge on any atom is -0.465 e. The minimum absolute atomic E-state index is 0.0224. The van der Waals surface area contributed by atoms with E-state index < -0.39 is 17.7 Å². The Labute approximate surface area is 155 Å². The van der Waals surface area contributed by atoms with Crippen LogP contribution < -0.4 is 4.90 Å². The third kappa shape index (κ3) is 2.61. The van der Waals surface area contributed by atoms with Crippen molar-refractivity contribution in [1.82, 2.24) is 14.9 Å². The van der Waals surface area contributed by atoms with E-state index in [9.17, 15) is 18.7 Å². The third-order valence-corrected chi connectivity index (χ3v) is 6.32. The Morgan fingerprint density at radius 1 is 1.26 bits per heavy atom. The lowest BCUT2D eigenvalue weighted by molar-refractivity contribution is -0.134. The van der Waals surface area contributed by atoms with Gasteiger partial charge in [0.25, 0.3) is 0 Å². The molecule has 8 heteroatoms. The van der Waals surface area contributed by atoms with Crippen molar-refractivity contribution in [3.63, 3.8) is 0 Å². The van der Waals surface area contributed by atoms with E-state index in [4.69, 9.17) is 0 Å². The third-order valence-electron chi connectivity index (χ3n) is 6.32. The Balaban J connectivity index is 1.65. The van der Waals surface area contributed by atoms with Gasteiger partial charge in [0.2, 0.25) is 0 Å². The lowest BCUT2D eigenvalue weighted by Crippen LogP contribution is -2.76. The molecule has 0 saturated carbocycles. The van der Waals surface area contributed by atoms with Crippen molar-refractivity contribution in [2.24, 2.45) is 10.8 Å². The van der Waals surface area contributed by atoms with Gasteiger partial charge in [-0.25, -0.2) is 18.6 Å². The zero-order valence-corrected chi connectivity index (χ0v) is 15.5. The van der Waals surface area contributed by atoms with E-state index in [1.54, 1.807) is 0 Å². The van der Waals surface area contributed by atoms with E-state index >= 15 is 0 Å². The van der Waals surface area contributed by atoms with Gasteiger partial charge in [0.15, 0.2) is 11.6 Å². The first kappa shape index (κ1) is 17.9. The maximum atomic E-state index is 13.5. The standard InChI is InChI=1S/C19H22F2N4O2/c1-18(2,3)19-4-5-24(9-15(19)25(10-19)17(26)27)16-8-22-13-6-11(20)12(21)7-14(13)23-16/h6-8,15H,4-5,9-10H2,1-3H3,(H,26,27)/t15-,19?/m1/s1. The summed E-state index contributed by atoms with van der Waals surface area (Å²) in [4.78, 5) is 23.7. The molecule has 27 heavy (non-hydrogen) atoms. The lowest BCUT2D eigenvalue weighted by Gasteiger charge is -2.66. The van der Waals surface area contributed by atoms with Crippen molar-refractivity contribution < 1.29 is 18.7 Å². The molecular weight excluding hydrogens is 354 g/mol. The molecule has 1 N–H and O–H groups in total. The van der Waals surface area contributed by atoms with E-state index in [1.165, 1.54) is 11.1 Å². The van der Waals surface area contributed by atoms with Gasteiger partial charge < -0.3 is 14.9 Å². The summed E-state index contributed by atoms with van der Waals surface area (Å²) in [6, 6.07) is 1.93. The Hall–Kier alpha value is -2.51. The van der Waals surface area contributed by atoms with Gasteiger partial charge in [-0.2, -0.15) is 0 Å². The molecule has 1 unspecified atom stereocenters. The summed E-state index contributed by atoms with van der Waals surface area (Å²) < 4.78 is 26.9. The first-order valence-electron chi connectivity index (χ1n) is 8.99. The molecule has 0 aliphatic carbocycles. The second kappa shape index (κ2) is 5.74. The summed E-state index contributed by atoms with van der Waals surface area (Å²) in [5.74, 6) is -1.37. The zero-order valence-electron chi connectivity index (χ0n) is 15.5. The molecule has 1 aromatic carbocycles. The summed E-state index contributed by atoms with van der Waals surface area (Å²) >= 11 is 0. The molecular formula is C19H22F2N4O2. The topological polar surface area (TPSA) is 69.6 Å². The number of hydrogen-bond donors (Lipinski definition) is 1. The molecule has 144 valence electrons. The molecule has 3 heterocycles. The predicted octanol–water partition coefficient (Wildman–Crippen LogP) is 3.51. The van der Waals surface area contributed by atoms with E-state index in [1.807, 2.05) is 4.90 Å². The Bertz CT molecular complexity index is 930. The highest BCUT2D eigenvalue weighted by atomic mass is 19.2. The van der Waals surface area contributed by atoms with Crippen molar-refractivity contribution in [2.45, 2.75) is 33.2 Å². The molecule has 2 aliphatic rings.